The Labute approximate surface area is 269 Å². The Balaban J connectivity index is 1.31. The van der Waals surface area contributed by atoms with Crippen molar-refractivity contribution in [3.8, 4) is 5.75 Å². The summed E-state index contributed by atoms with van der Waals surface area (Å²) in [5, 5.41) is 10.8. The number of carbonyl (C=O) groups excluding carboxylic acids is 2. The van der Waals surface area contributed by atoms with E-state index in [1.54, 1.807) is 66.7 Å². The Morgan fingerprint density at radius 1 is 1.11 bits per heavy atom. The fourth-order valence-corrected chi connectivity index (χ4v) is 6.51. The number of primary amides is 1. The summed E-state index contributed by atoms with van der Waals surface area (Å²) in [6.45, 7) is 2.47. The Kier molecular flexibility index (Phi) is 10.2. The molecule has 0 radical (unpaired) electrons. The number of nitrogens with zero attached hydrogens (tertiary/aromatic N) is 3. The number of aliphatic imine (C=N–C) groups is 1. The fraction of sp³-hybridized carbons (Fsp3) is 0.294. The van der Waals surface area contributed by atoms with Crippen molar-refractivity contribution in [3.05, 3.63) is 95.1 Å². The predicted molar refractivity (Wildman–Crippen MR) is 182 cm³/mol. The first-order chi connectivity index (χ1) is 22.1. The minimum Gasteiger partial charge on any atom is -0.489 e. The normalized spacial score (nSPS) is 15.4. The van der Waals surface area contributed by atoms with E-state index in [4.69, 9.17) is 15.9 Å². The van der Waals surface area contributed by atoms with E-state index in [0.717, 1.165) is 67.9 Å². The molecule has 0 aliphatic carbocycles. The van der Waals surface area contributed by atoms with E-state index in [1.807, 2.05) is 6.07 Å². The maximum atomic E-state index is 12.9. The third kappa shape index (κ3) is 7.81. The van der Waals surface area contributed by atoms with Crippen LogP contribution in [0.15, 0.2) is 77.8 Å². The number of sulfonamides is 1. The smallest absolute Gasteiger partial charge is 0.255 e. The van der Waals surface area contributed by atoms with Gasteiger partial charge in [0.2, 0.25) is 10.0 Å². The van der Waals surface area contributed by atoms with E-state index in [-0.39, 0.29) is 29.8 Å². The van der Waals surface area contributed by atoms with Gasteiger partial charge in [-0.05, 0) is 48.4 Å². The SMILES string of the molecule is CS(=O)(=O)N(C/C=C/c1cccc(NC(=O)c2ccccc2)c1C=N)c1ccc(OC2CCN(C3=NCCC3)CC2)c(C(N)=O)c1. The molecule has 0 atom stereocenters. The summed E-state index contributed by atoms with van der Waals surface area (Å²) in [6.07, 6.45) is 9.09. The number of ether oxygens (including phenoxy) is 1. The van der Waals surface area contributed by atoms with E-state index >= 15 is 0 Å². The number of hydrogen-bond acceptors (Lipinski definition) is 8. The lowest BCUT2D eigenvalue weighted by Gasteiger charge is -2.34. The molecule has 1 fully saturated rings. The molecule has 0 spiro atoms. The maximum Gasteiger partial charge on any atom is 0.255 e. The van der Waals surface area contributed by atoms with Gasteiger partial charge in [-0.2, -0.15) is 0 Å². The number of anilines is 2. The van der Waals surface area contributed by atoms with Gasteiger partial charge in [0, 0.05) is 56.2 Å². The van der Waals surface area contributed by atoms with Crippen LogP contribution in [0.3, 0.4) is 0 Å². The highest BCUT2D eigenvalue weighted by Crippen LogP contribution is 2.30. The van der Waals surface area contributed by atoms with Crippen molar-refractivity contribution in [2.75, 3.05) is 42.1 Å². The number of rotatable bonds is 11. The lowest BCUT2D eigenvalue weighted by atomic mass is 10.0. The van der Waals surface area contributed by atoms with Crippen molar-refractivity contribution in [2.45, 2.75) is 31.8 Å². The van der Waals surface area contributed by atoms with Gasteiger partial charge in [-0.15, -0.1) is 0 Å². The van der Waals surface area contributed by atoms with Crippen molar-refractivity contribution >= 4 is 51.3 Å². The Morgan fingerprint density at radius 3 is 2.52 bits per heavy atom. The topological polar surface area (TPSA) is 158 Å². The molecule has 3 aromatic carbocycles. The molecule has 46 heavy (non-hydrogen) atoms. The average molecular weight is 643 g/mol. The number of likely N-dealkylation sites (tertiary alicyclic amines) is 1. The quantitative estimate of drug-likeness (QED) is 0.260. The Morgan fingerprint density at radius 2 is 1.87 bits per heavy atom. The molecule has 4 N–H and O–H groups in total. The van der Waals surface area contributed by atoms with Gasteiger partial charge in [0.25, 0.3) is 11.8 Å². The highest BCUT2D eigenvalue weighted by molar-refractivity contribution is 7.92. The minimum absolute atomic E-state index is 0.0579. The summed E-state index contributed by atoms with van der Waals surface area (Å²) in [5.74, 6) is 0.452. The van der Waals surface area contributed by atoms with Crippen LogP contribution in [0.25, 0.3) is 6.08 Å². The molecule has 5 rings (SSSR count). The summed E-state index contributed by atoms with van der Waals surface area (Å²) < 4.78 is 33.1. The van der Waals surface area contributed by atoms with E-state index in [0.29, 0.717) is 28.1 Å². The van der Waals surface area contributed by atoms with Crippen LogP contribution in [0.5, 0.6) is 5.75 Å². The van der Waals surface area contributed by atoms with Crippen molar-refractivity contribution in [3.63, 3.8) is 0 Å². The number of nitrogens with one attached hydrogen (secondary N) is 2. The lowest BCUT2D eigenvalue weighted by molar-refractivity contribution is 0.0980. The van der Waals surface area contributed by atoms with Crippen molar-refractivity contribution in [1.82, 2.24) is 4.90 Å². The molecule has 0 saturated carbocycles. The number of benzene rings is 3. The van der Waals surface area contributed by atoms with Crippen LogP contribution < -0.4 is 20.1 Å². The molecule has 0 unspecified atom stereocenters. The molecule has 1 saturated heterocycles. The number of piperidine rings is 1. The molecule has 2 aliphatic heterocycles. The molecular formula is C34H38N6O5S. The van der Waals surface area contributed by atoms with Crippen LogP contribution in [-0.2, 0) is 10.0 Å². The molecule has 2 aliphatic rings. The summed E-state index contributed by atoms with van der Waals surface area (Å²) in [4.78, 5) is 32.1. The summed E-state index contributed by atoms with van der Waals surface area (Å²) in [6, 6.07) is 18.6. The second-order valence-corrected chi connectivity index (χ2v) is 13.1. The standard InChI is InChI=1S/C34H38N6O5S/c1-46(43,44)40(19-7-11-24-10-5-12-30(29(24)23-35)38-34(42)25-8-3-2-4-9-25)26-14-15-31(28(22-26)33(36)41)45-27-16-20-39(21-17-27)32-13-6-18-37-32/h2-5,7-12,14-15,22-23,27,35H,6,13,16-21H2,1H3,(H2,36,41)(H,38,42)/b11-7+,35-23?. The zero-order chi connectivity index (χ0) is 32.7. The largest absolute Gasteiger partial charge is 0.489 e. The molecule has 2 amide bonds. The second kappa shape index (κ2) is 14.4. The first-order valence-corrected chi connectivity index (χ1v) is 17.0. The zero-order valence-corrected chi connectivity index (χ0v) is 26.5. The number of carbonyl (C=O) groups is 2. The van der Waals surface area contributed by atoms with Gasteiger partial charge in [-0.1, -0.05) is 42.5 Å². The molecule has 12 heteroatoms. The van der Waals surface area contributed by atoms with E-state index in [2.05, 4.69) is 15.2 Å². The molecule has 11 nitrogen and oxygen atoms in total. The highest BCUT2D eigenvalue weighted by Gasteiger charge is 2.26. The van der Waals surface area contributed by atoms with Gasteiger partial charge < -0.3 is 26.1 Å². The molecule has 240 valence electrons. The van der Waals surface area contributed by atoms with Crippen molar-refractivity contribution < 1.29 is 22.7 Å². The van der Waals surface area contributed by atoms with Crippen molar-refractivity contribution in [2.24, 2.45) is 10.7 Å². The van der Waals surface area contributed by atoms with Crippen molar-refractivity contribution in [1.29, 1.82) is 5.41 Å². The number of amides is 2. The van der Waals surface area contributed by atoms with Crippen LogP contribution in [0.4, 0.5) is 11.4 Å². The van der Waals surface area contributed by atoms with Gasteiger partial charge >= 0.3 is 0 Å². The van der Waals surface area contributed by atoms with E-state index < -0.39 is 15.9 Å². The fourth-order valence-electron chi connectivity index (χ4n) is 5.65. The van der Waals surface area contributed by atoms with Crippen LogP contribution in [0, 0.1) is 5.41 Å². The summed E-state index contributed by atoms with van der Waals surface area (Å²) in [7, 11) is -3.77. The summed E-state index contributed by atoms with van der Waals surface area (Å²) >= 11 is 0. The average Bonchev–Trinajstić information content (AvgIpc) is 3.59. The number of nitrogens with two attached hydrogens (primary N) is 1. The van der Waals surface area contributed by atoms with Gasteiger partial charge in [-0.3, -0.25) is 18.9 Å². The van der Waals surface area contributed by atoms with Gasteiger partial charge in [0.15, 0.2) is 0 Å². The highest BCUT2D eigenvalue weighted by atomic mass is 32.2. The van der Waals surface area contributed by atoms with Gasteiger partial charge in [0.1, 0.15) is 11.9 Å². The first kappa shape index (κ1) is 32.4. The van der Waals surface area contributed by atoms with Crippen LogP contribution >= 0.6 is 0 Å². The predicted octanol–water partition coefficient (Wildman–Crippen LogP) is 4.55. The Bertz CT molecular complexity index is 1770. The van der Waals surface area contributed by atoms with Crippen LogP contribution in [0.2, 0.25) is 0 Å². The van der Waals surface area contributed by atoms with Crippen LogP contribution in [0.1, 0.15) is 57.5 Å². The first-order valence-electron chi connectivity index (χ1n) is 15.2. The second-order valence-electron chi connectivity index (χ2n) is 11.2. The zero-order valence-electron chi connectivity index (χ0n) is 25.7. The lowest BCUT2D eigenvalue weighted by Crippen LogP contribution is -2.41. The number of hydrogen-bond donors (Lipinski definition) is 3. The number of amidine groups is 1. The maximum absolute atomic E-state index is 12.9. The third-order valence-corrected chi connectivity index (χ3v) is 9.17. The third-order valence-electron chi connectivity index (χ3n) is 8.01. The molecule has 0 aromatic heterocycles. The minimum atomic E-state index is -3.77. The molecule has 0 bridgehead atoms. The van der Waals surface area contributed by atoms with Gasteiger partial charge in [-0.25, -0.2) is 8.42 Å². The Hall–Kier alpha value is -4.97. The summed E-state index contributed by atoms with van der Waals surface area (Å²) in [5.41, 5.74) is 8.10. The molecule has 2 heterocycles. The van der Waals surface area contributed by atoms with E-state index in [9.17, 15) is 18.0 Å². The molecular weight excluding hydrogens is 604 g/mol. The van der Waals surface area contributed by atoms with E-state index in [1.165, 1.54) is 6.07 Å². The molecule has 3 aromatic rings. The van der Waals surface area contributed by atoms with Crippen LogP contribution in [-0.4, -0.2) is 75.7 Å². The van der Waals surface area contributed by atoms with Gasteiger partial charge in [0.05, 0.1) is 35.6 Å². The monoisotopic (exact) mass is 642 g/mol.